The first-order valence-electron chi connectivity index (χ1n) is 4.87. The minimum absolute atomic E-state index is 0.315. The van der Waals surface area contributed by atoms with Crippen molar-refractivity contribution in [2.45, 2.75) is 13.0 Å². The Morgan fingerprint density at radius 3 is 2.93 bits per heavy atom. The van der Waals surface area contributed by atoms with Crippen molar-refractivity contribution in [1.82, 2.24) is 5.32 Å². The monoisotopic (exact) mass is 207 g/mol. The van der Waals surface area contributed by atoms with Gasteiger partial charge in [-0.25, -0.2) is 4.39 Å². The van der Waals surface area contributed by atoms with Crippen molar-refractivity contribution < 1.29 is 4.39 Å². The Morgan fingerprint density at radius 2 is 2.27 bits per heavy atom. The third-order valence-corrected chi connectivity index (χ3v) is 2.06. The van der Waals surface area contributed by atoms with Gasteiger partial charge in [-0.3, -0.25) is 0 Å². The van der Waals surface area contributed by atoms with Crippen molar-refractivity contribution in [1.29, 1.82) is 5.26 Å². The highest BCUT2D eigenvalue weighted by molar-refractivity contribution is 5.37. The second-order valence-corrected chi connectivity index (χ2v) is 3.23. The third-order valence-electron chi connectivity index (χ3n) is 2.06. The molecular formula is C11H14FN3. The number of benzene rings is 1. The van der Waals surface area contributed by atoms with Gasteiger partial charge in [-0.15, -0.1) is 0 Å². The van der Waals surface area contributed by atoms with Crippen LogP contribution in [-0.2, 0) is 6.54 Å². The number of rotatable bonds is 5. The zero-order chi connectivity index (χ0) is 11.1. The first-order valence-corrected chi connectivity index (χ1v) is 4.87. The molecule has 3 nitrogen and oxygen atoms in total. The lowest BCUT2D eigenvalue weighted by atomic mass is 10.1. The van der Waals surface area contributed by atoms with E-state index >= 15 is 0 Å². The molecule has 4 heteroatoms. The maximum absolute atomic E-state index is 12.9. The van der Waals surface area contributed by atoms with Gasteiger partial charge in [-0.1, -0.05) is 0 Å². The molecular weight excluding hydrogens is 193 g/mol. The molecule has 0 unspecified atom stereocenters. The van der Waals surface area contributed by atoms with Crippen LogP contribution in [0.5, 0.6) is 0 Å². The Balaban J connectivity index is 2.59. The first-order chi connectivity index (χ1) is 7.27. The van der Waals surface area contributed by atoms with Crippen molar-refractivity contribution >= 4 is 0 Å². The second kappa shape index (κ2) is 6.12. The van der Waals surface area contributed by atoms with Crippen LogP contribution in [0.25, 0.3) is 0 Å². The Hall–Kier alpha value is -1.44. The van der Waals surface area contributed by atoms with Gasteiger partial charge in [0.1, 0.15) is 5.82 Å². The van der Waals surface area contributed by atoms with Crippen LogP contribution in [0.1, 0.15) is 17.5 Å². The van der Waals surface area contributed by atoms with Gasteiger partial charge in [-0.2, -0.15) is 5.26 Å². The molecule has 3 N–H and O–H groups in total. The molecule has 1 aromatic rings. The maximum atomic E-state index is 12.9. The van der Waals surface area contributed by atoms with Gasteiger partial charge >= 0.3 is 0 Å². The summed E-state index contributed by atoms with van der Waals surface area (Å²) in [6, 6.07) is 6.20. The molecule has 1 aromatic carbocycles. The molecule has 0 heterocycles. The lowest BCUT2D eigenvalue weighted by molar-refractivity contribution is 0.616. The Morgan fingerprint density at radius 1 is 1.47 bits per heavy atom. The van der Waals surface area contributed by atoms with E-state index in [0.29, 0.717) is 24.2 Å². The van der Waals surface area contributed by atoms with Crippen LogP contribution in [0.4, 0.5) is 4.39 Å². The number of nitrogens with one attached hydrogen (secondary N) is 1. The SMILES string of the molecule is N#Cc1ccc(F)cc1CNCCCN. The Kier molecular flexibility index (Phi) is 4.75. The van der Waals surface area contributed by atoms with Gasteiger partial charge < -0.3 is 11.1 Å². The molecule has 0 saturated heterocycles. The van der Waals surface area contributed by atoms with E-state index in [9.17, 15) is 4.39 Å². The quantitative estimate of drug-likeness (QED) is 0.712. The fourth-order valence-electron chi connectivity index (χ4n) is 1.27. The van der Waals surface area contributed by atoms with Gasteiger partial charge in [-0.05, 0) is 43.3 Å². The highest BCUT2D eigenvalue weighted by atomic mass is 19.1. The van der Waals surface area contributed by atoms with Crippen molar-refractivity contribution in [3.63, 3.8) is 0 Å². The van der Waals surface area contributed by atoms with Gasteiger partial charge in [0.15, 0.2) is 0 Å². The van der Waals surface area contributed by atoms with Gasteiger partial charge in [0.05, 0.1) is 11.6 Å². The number of hydrogen-bond acceptors (Lipinski definition) is 3. The molecule has 1 rings (SSSR count). The van der Waals surface area contributed by atoms with E-state index in [1.54, 1.807) is 0 Å². The van der Waals surface area contributed by atoms with Crippen LogP contribution in [0.3, 0.4) is 0 Å². The summed E-state index contributed by atoms with van der Waals surface area (Å²) in [6.07, 6.45) is 0.872. The fourth-order valence-corrected chi connectivity index (χ4v) is 1.27. The first kappa shape index (κ1) is 11.6. The molecule has 0 aliphatic heterocycles. The molecule has 0 aliphatic rings. The van der Waals surface area contributed by atoms with E-state index in [0.717, 1.165) is 13.0 Å². The zero-order valence-corrected chi connectivity index (χ0v) is 8.46. The average Bonchev–Trinajstić information content (AvgIpc) is 2.25. The molecule has 0 aromatic heterocycles. The molecule has 0 spiro atoms. The highest BCUT2D eigenvalue weighted by Gasteiger charge is 2.02. The summed E-state index contributed by atoms with van der Waals surface area (Å²) in [5.74, 6) is -0.315. The topological polar surface area (TPSA) is 61.8 Å². The van der Waals surface area contributed by atoms with Crippen molar-refractivity contribution in [3.05, 3.63) is 35.1 Å². The minimum Gasteiger partial charge on any atom is -0.330 e. The summed E-state index contributed by atoms with van der Waals surface area (Å²) in [5, 5.41) is 11.9. The van der Waals surface area contributed by atoms with E-state index < -0.39 is 0 Å². The number of nitrogens with two attached hydrogens (primary N) is 1. The molecule has 0 saturated carbocycles. The van der Waals surface area contributed by atoms with Crippen LogP contribution < -0.4 is 11.1 Å². The molecule has 0 aliphatic carbocycles. The van der Waals surface area contributed by atoms with Gasteiger partial charge in [0, 0.05) is 6.54 Å². The summed E-state index contributed by atoms with van der Waals surface area (Å²) < 4.78 is 12.9. The van der Waals surface area contributed by atoms with E-state index in [-0.39, 0.29) is 5.82 Å². The Labute approximate surface area is 88.7 Å². The summed E-state index contributed by atoms with van der Waals surface area (Å²) in [6.45, 7) is 1.90. The number of hydrogen-bond donors (Lipinski definition) is 2. The van der Waals surface area contributed by atoms with Crippen LogP contribution in [0.15, 0.2) is 18.2 Å². The standard InChI is InChI=1S/C11H14FN3/c12-11-3-2-9(7-14)10(6-11)8-15-5-1-4-13/h2-3,6,15H,1,4-5,8,13H2. The predicted octanol–water partition coefficient (Wildman–Crippen LogP) is 1.14. The maximum Gasteiger partial charge on any atom is 0.123 e. The lowest BCUT2D eigenvalue weighted by Gasteiger charge is -2.05. The van der Waals surface area contributed by atoms with Crippen molar-refractivity contribution in [2.75, 3.05) is 13.1 Å². The molecule has 0 atom stereocenters. The third kappa shape index (κ3) is 3.66. The molecule has 15 heavy (non-hydrogen) atoms. The van der Waals surface area contributed by atoms with E-state index in [4.69, 9.17) is 11.0 Å². The summed E-state index contributed by atoms with van der Waals surface area (Å²) in [7, 11) is 0. The number of halogens is 1. The van der Waals surface area contributed by atoms with Crippen molar-refractivity contribution in [2.24, 2.45) is 5.73 Å². The summed E-state index contributed by atoms with van der Waals surface area (Å²) in [4.78, 5) is 0. The molecule has 80 valence electrons. The van der Waals surface area contributed by atoms with E-state index in [1.165, 1.54) is 18.2 Å². The van der Waals surface area contributed by atoms with Crippen molar-refractivity contribution in [3.8, 4) is 6.07 Å². The molecule has 0 fully saturated rings. The van der Waals surface area contributed by atoms with Crippen LogP contribution >= 0.6 is 0 Å². The normalized spacial score (nSPS) is 9.93. The largest absolute Gasteiger partial charge is 0.330 e. The van der Waals surface area contributed by atoms with Crippen LogP contribution in [0.2, 0.25) is 0 Å². The summed E-state index contributed by atoms with van der Waals surface area (Å²) >= 11 is 0. The van der Waals surface area contributed by atoms with Crippen LogP contribution in [0, 0.1) is 17.1 Å². The average molecular weight is 207 g/mol. The van der Waals surface area contributed by atoms with Gasteiger partial charge in [0.25, 0.3) is 0 Å². The van der Waals surface area contributed by atoms with E-state index in [2.05, 4.69) is 5.32 Å². The highest BCUT2D eigenvalue weighted by Crippen LogP contribution is 2.09. The van der Waals surface area contributed by atoms with E-state index in [1.807, 2.05) is 6.07 Å². The lowest BCUT2D eigenvalue weighted by Crippen LogP contribution is -2.18. The fraction of sp³-hybridized carbons (Fsp3) is 0.364. The number of nitriles is 1. The second-order valence-electron chi connectivity index (χ2n) is 3.23. The number of nitrogens with zero attached hydrogens (tertiary/aromatic N) is 1. The minimum atomic E-state index is -0.315. The molecule has 0 amide bonds. The smallest absolute Gasteiger partial charge is 0.123 e. The zero-order valence-electron chi connectivity index (χ0n) is 8.46. The van der Waals surface area contributed by atoms with Gasteiger partial charge in [0.2, 0.25) is 0 Å². The predicted molar refractivity (Wildman–Crippen MR) is 56.5 cm³/mol. The Bertz CT molecular complexity index is 357. The molecule has 0 bridgehead atoms. The van der Waals surface area contributed by atoms with Crippen LogP contribution in [-0.4, -0.2) is 13.1 Å². The summed E-state index contributed by atoms with van der Waals surface area (Å²) in [5.41, 5.74) is 6.54. The molecule has 0 radical (unpaired) electrons.